The monoisotopic (exact) mass is 509 g/mol. The molecule has 0 heterocycles. The summed E-state index contributed by atoms with van der Waals surface area (Å²) in [6, 6.07) is 12.8. The molecule has 2 unspecified atom stereocenters. The molecule has 2 atom stereocenters. The lowest BCUT2D eigenvalue weighted by Crippen LogP contribution is -2.32. The van der Waals surface area contributed by atoms with E-state index in [4.69, 9.17) is 9.84 Å². The number of aliphatic hydroxyl groups is 2. The van der Waals surface area contributed by atoms with Crippen LogP contribution in [0.4, 0.5) is 13.2 Å². The Bertz CT molecular complexity index is 842. The topological polar surface area (TPSA) is 61.7 Å². The summed E-state index contributed by atoms with van der Waals surface area (Å²) in [4.78, 5) is 0. The van der Waals surface area contributed by atoms with Gasteiger partial charge in [0.15, 0.2) is 0 Å². The van der Waals surface area contributed by atoms with Gasteiger partial charge < -0.3 is 20.3 Å². The molecule has 2 aromatic rings. The minimum Gasteiger partial charge on any atom is -0.494 e. The highest BCUT2D eigenvalue weighted by molar-refractivity contribution is 5.28. The number of hydrogen-bond acceptors (Lipinski definition) is 4. The van der Waals surface area contributed by atoms with Crippen molar-refractivity contribution >= 4 is 0 Å². The number of aliphatic hydroxyl groups excluding tert-OH is 2. The Balaban J connectivity index is 1.60. The molecule has 0 amide bonds. The molecule has 2 rings (SSSR count). The summed E-state index contributed by atoms with van der Waals surface area (Å²) in [5, 5.41) is 22.3. The van der Waals surface area contributed by atoms with Gasteiger partial charge in [0.25, 0.3) is 0 Å². The van der Waals surface area contributed by atoms with Gasteiger partial charge in [0.05, 0.1) is 18.3 Å². The number of ether oxygens (including phenoxy) is 1. The van der Waals surface area contributed by atoms with Crippen LogP contribution in [-0.2, 0) is 12.6 Å². The number of benzene rings is 2. The number of nitrogens with one attached hydrogen (secondary N) is 1. The first-order valence-electron chi connectivity index (χ1n) is 13.2. The summed E-state index contributed by atoms with van der Waals surface area (Å²) in [6.45, 7) is 3.17. The molecule has 202 valence electrons. The van der Waals surface area contributed by atoms with E-state index < -0.39 is 17.8 Å². The minimum atomic E-state index is -4.42. The zero-order valence-electron chi connectivity index (χ0n) is 21.4. The van der Waals surface area contributed by atoms with Gasteiger partial charge in [-0.1, -0.05) is 69.2 Å². The van der Waals surface area contributed by atoms with Crippen LogP contribution in [0.1, 0.15) is 87.5 Å². The molecular weight excluding hydrogens is 467 g/mol. The molecule has 0 aromatic heterocycles. The molecule has 0 radical (unpaired) electrons. The van der Waals surface area contributed by atoms with Crippen molar-refractivity contribution < 1.29 is 28.1 Å². The summed E-state index contributed by atoms with van der Waals surface area (Å²) >= 11 is 0. The average molecular weight is 510 g/mol. The van der Waals surface area contributed by atoms with Crippen LogP contribution in [0.25, 0.3) is 0 Å². The fourth-order valence-electron chi connectivity index (χ4n) is 4.14. The Morgan fingerprint density at radius 2 is 1.47 bits per heavy atom. The first-order valence-corrected chi connectivity index (χ1v) is 13.2. The van der Waals surface area contributed by atoms with E-state index >= 15 is 0 Å². The quantitative estimate of drug-likeness (QED) is 0.193. The van der Waals surface area contributed by atoms with Crippen molar-refractivity contribution in [2.75, 3.05) is 19.8 Å². The van der Waals surface area contributed by atoms with Gasteiger partial charge in [0.2, 0.25) is 0 Å². The summed E-state index contributed by atoms with van der Waals surface area (Å²) in [5.41, 5.74) is 0.617. The smallest absolute Gasteiger partial charge is 0.416 e. The Morgan fingerprint density at radius 3 is 2.08 bits per heavy atom. The fraction of sp³-hybridized carbons (Fsp3) is 0.586. The number of halogens is 3. The van der Waals surface area contributed by atoms with Crippen LogP contribution in [0.15, 0.2) is 48.5 Å². The first kappa shape index (κ1) is 30.1. The van der Waals surface area contributed by atoms with Crippen LogP contribution in [0.3, 0.4) is 0 Å². The number of hydrogen-bond donors (Lipinski definition) is 3. The molecule has 7 heteroatoms. The highest BCUT2D eigenvalue weighted by atomic mass is 19.4. The van der Waals surface area contributed by atoms with E-state index in [9.17, 15) is 18.3 Å². The molecule has 4 nitrogen and oxygen atoms in total. The third-order valence-electron chi connectivity index (χ3n) is 6.29. The van der Waals surface area contributed by atoms with Crippen molar-refractivity contribution in [1.29, 1.82) is 0 Å². The zero-order valence-corrected chi connectivity index (χ0v) is 21.4. The van der Waals surface area contributed by atoms with E-state index in [2.05, 4.69) is 5.32 Å². The van der Waals surface area contributed by atoms with Crippen molar-refractivity contribution in [2.24, 2.45) is 0 Å². The molecule has 0 aliphatic heterocycles. The second-order valence-electron chi connectivity index (χ2n) is 9.55. The maximum absolute atomic E-state index is 12.9. The largest absolute Gasteiger partial charge is 0.494 e. The first-order chi connectivity index (χ1) is 17.3. The highest BCUT2D eigenvalue weighted by Crippen LogP contribution is 2.30. The molecule has 0 saturated heterocycles. The van der Waals surface area contributed by atoms with Crippen LogP contribution in [0.2, 0.25) is 0 Å². The fourth-order valence-corrected chi connectivity index (χ4v) is 4.14. The molecule has 36 heavy (non-hydrogen) atoms. The minimum absolute atomic E-state index is 0.0481. The summed E-state index contributed by atoms with van der Waals surface area (Å²) in [5.74, 6) is 0.850. The van der Waals surface area contributed by atoms with E-state index in [1.807, 2.05) is 31.2 Å². The summed E-state index contributed by atoms with van der Waals surface area (Å²) in [6.07, 6.45) is 5.80. The summed E-state index contributed by atoms with van der Waals surface area (Å²) < 4.78 is 44.5. The van der Waals surface area contributed by atoms with Crippen LogP contribution < -0.4 is 10.1 Å². The van der Waals surface area contributed by atoms with Crippen molar-refractivity contribution in [1.82, 2.24) is 5.32 Å². The second kappa shape index (κ2) is 16.6. The van der Waals surface area contributed by atoms with Crippen molar-refractivity contribution in [3.05, 3.63) is 65.2 Å². The molecule has 0 saturated carbocycles. The van der Waals surface area contributed by atoms with Crippen LogP contribution >= 0.6 is 0 Å². The number of rotatable bonds is 18. The van der Waals surface area contributed by atoms with Crippen LogP contribution in [-0.4, -0.2) is 36.0 Å². The zero-order chi connectivity index (χ0) is 26.2. The van der Waals surface area contributed by atoms with Gasteiger partial charge in [-0.15, -0.1) is 0 Å². The Kier molecular flexibility index (Phi) is 13.9. The molecule has 2 aromatic carbocycles. The number of alkyl halides is 3. The summed E-state index contributed by atoms with van der Waals surface area (Å²) in [7, 11) is 0. The van der Waals surface area contributed by atoms with Crippen LogP contribution in [0.5, 0.6) is 5.75 Å². The molecule has 3 N–H and O–H groups in total. The van der Waals surface area contributed by atoms with Gasteiger partial charge in [-0.25, -0.2) is 0 Å². The van der Waals surface area contributed by atoms with Gasteiger partial charge in [0.1, 0.15) is 5.75 Å². The molecule has 0 aliphatic carbocycles. The Labute approximate surface area is 213 Å². The maximum Gasteiger partial charge on any atom is 0.416 e. The molecule has 0 spiro atoms. The molecule has 0 fully saturated rings. The lowest BCUT2D eigenvalue weighted by atomic mass is 10.0. The molecule has 0 bridgehead atoms. The predicted octanol–water partition coefficient (Wildman–Crippen LogP) is 6.84. The van der Waals surface area contributed by atoms with E-state index in [1.165, 1.54) is 50.7 Å². The molecular formula is C29H42F3NO3. The van der Waals surface area contributed by atoms with Crippen molar-refractivity contribution in [2.45, 2.75) is 89.5 Å². The normalized spacial score (nSPS) is 13.5. The Morgan fingerprint density at radius 1 is 0.861 bits per heavy atom. The predicted molar refractivity (Wildman–Crippen MR) is 138 cm³/mol. The van der Waals surface area contributed by atoms with Gasteiger partial charge in [-0.05, 0) is 61.6 Å². The second-order valence-corrected chi connectivity index (χ2v) is 9.55. The number of unbranched alkanes of at least 4 members (excludes halogenated alkanes) is 8. The maximum atomic E-state index is 12.9. The van der Waals surface area contributed by atoms with Crippen molar-refractivity contribution in [3.63, 3.8) is 0 Å². The van der Waals surface area contributed by atoms with E-state index in [0.29, 0.717) is 13.2 Å². The van der Waals surface area contributed by atoms with Crippen molar-refractivity contribution in [3.8, 4) is 5.75 Å². The average Bonchev–Trinajstić information content (AvgIpc) is 2.86. The Hall–Kier alpha value is -2.09. The van der Waals surface area contributed by atoms with E-state index in [0.717, 1.165) is 49.1 Å². The van der Waals surface area contributed by atoms with E-state index in [-0.39, 0.29) is 18.2 Å². The SMILES string of the molecule is CC(Cc1ccc(OCCCCCCCCCCCO)cc1)NCC(O)c1cccc(C(F)(F)F)c1. The molecule has 0 aliphatic rings. The van der Waals surface area contributed by atoms with Gasteiger partial charge in [-0.3, -0.25) is 0 Å². The third kappa shape index (κ3) is 12.2. The lowest BCUT2D eigenvalue weighted by Gasteiger charge is -2.18. The van der Waals surface area contributed by atoms with Crippen LogP contribution in [0, 0.1) is 0 Å². The third-order valence-corrected chi connectivity index (χ3v) is 6.29. The van der Waals surface area contributed by atoms with Gasteiger partial charge >= 0.3 is 6.18 Å². The standard InChI is InChI=1S/C29H42F3NO3/c1-23(33-22-28(35)25-12-11-13-26(21-25)29(30,31)32)20-24-14-16-27(17-15-24)36-19-10-8-6-4-2-3-5-7-9-18-34/h11-17,21,23,28,33-35H,2-10,18-20,22H2,1H3. The lowest BCUT2D eigenvalue weighted by molar-refractivity contribution is -0.137. The van der Waals surface area contributed by atoms with Gasteiger partial charge in [0, 0.05) is 19.2 Å². The van der Waals surface area contributed by atoms with Gasteiger partial charge in [-0.2, -0.15) is 13.2 Å². The van der Waals surface area contributed by atoms with E-state index in [1.54, 1.807) is 0 Å². The highest BCUT2D eigenvalue weighted by Gasteiger charge is 2.30.